The van der Waals surface area contributed by atoms with E-state index in [-0.39, 0.29) is 5.69 Å². The average Bonchev–Trinajstić information content (AvgIpc) is 2.22. The number of carbonyl (C=O) groups is 2. The Morgan fingerprint density at radius 1 is 1.53 bits per heavy atom. The summed E-state index contributed by atoms with van der Waals surface area (Å²) in [6.07, 6.45) is 0. The number of halogens is 2. The molecule has 1 aromatic rings. The third-order valence-electron chi connectivity index (χ3n) is 1.86. The second-order valence-corrected chi connectivity index (χ2v) is 4.32. The fraction of sp³-hybridized carbons (Fsp3) is 0.100. The molecular weight excluding hydrogens is 340 g/mol. The van der Waals surface area contributed by atoms with Gasteiger partial charge in [0.05, 0.1) is 11.8 Å². The number of benzene rings is 1. The first-order chi connectivity index (χ1) is 7.95. The second kappa shape index (κ2) is 5.58. The van der Waals surface area contributed by atoms with Gasteiger partial charge >= 0.3 is 0 Å². The average molecular weight is 347 g/mol. The third kappa shape index (κ3) is 3.39. The van der Waals surface area contributed by atoms with Crippen molar-refractivity contribution >= 4 is 40.1 Å². The first-order valence-electron chi connectivity index (χ1n) is 4.40. The number of nitriles is 1. The summed E-state index contributed by atoms with van der Waals surface area (Å²) >= 11 is 1.91. The highest BCUT2D eigenvalue weighted by Gasteiger charge is 2.24. The lowest BCUT2D eigenvalue weighted by molar-refractivity contribution is -0.128. The van der Waals surface area contributed by atoms with E-state index in [2.05, 4.69) is 5.32 Å². The summed E-state index contributed by atoms with van der Waals surface area (Å²) in [6.45, 7) is 0. The first-order valence-corrected chi connectivity index (χ1v) is 5.48. The fourth-order valence-corrected chi connectivity index (χ4v) is 1.50. The minimum atomic E-state index is -1.63. The van der Waals surface area contributed by atoms with Gasteiger partial charge in [-0.1, -0.05) is 0 Å². The highest BCUT2D eigenvalue weighted by atomic mass is 127. The van der Waals surface area contributed by atoms with Gasteiger partial charge in [-0.25, -0.2) is 4.39 Å². The summed E-state index contributed by atoms with van der Waals surface area (Å²) in [5.41, 5.74) is 4.75. The number of carbonyl (C=O) groups excluding carboxylic acids is 2. The van der Waals surface area contributed by atoms with Gasteiger partial charge in [-0.05, 0) is 40.8 Å². The van der Waals surface area contributed by atoms with Crippen molar-refractivity contribution in [2.75, 3.05) is 5.32 Å². The number of nitrogens with one attached hydrogen (secondary N) is 1. The first kappa shape index (κ1) is 13.4. The fourth-order valence-electron chi connectivity index (χ4n) is 1.05. The van der Waals surface area contributed by atoms with Crippen LogP contribution in [0.25, 0.3) is 0 Å². The van der Waals surface area contributed by atoms with Gasteiger partial charge in [0.1, 0.15) is 5.82 Å². The lowest BCUT2D eigenvalue weighted by Gasteiger charge is -2.08. The van der Waals surface area contributed by atoms with Crippen LogP contribution in [0, 0.1) is 26.6 Å². The van der Waals surface area contributed by atoms with Gasteiger partial charge in [0.25, 0.3) is 5.91 Å². The third-order valence-corrected chi connectivity index (χ3v) is 2.54. The van der Waals surface area contributed by atoms with Crippen molar-refractivity contribution in [2.45, 2.75) is 0 Å². The standard InChI is InChI=1S/C10H7FIN3O2/c11-7-3-5(12)1-2-8(7)15-10(17)6(4-13)9(14)16/h1-3,6H,(H2,14,16)(H,15,17). The van der Waals surface area contributed by atoms with Crippen LogP contribution in [0.2, 0.25) is 0 Å². The van der Waals surface area contributed by atoms with Gasteiger partial charge in [-0.3, -0.25) is 9.59 Å². The van der Waals surface area contributed by atoms with E-state index in [4.69, 9.17) is 11.0 Å². The lowest BCUT2D eigenvalue weighted by atomic mass is 10.1. The Kier molecular flexibility index (Phi) is 4.39. The summed E-state index contributed by atoms with van der Waals surface area (Å²) in [6, 6.07) is 5.56. The van der Waals surface area contributed by atoms with Crippen molar-refractivity contribution < 1.29 is 14.0 Å². The van der Waals surface area contributed by atoms with E-state index in [1.54, 1.807) is 6.07 Å². The smallest absolute Gasteiger partial charge is 0.251 e. The Balaban J connectivity index is 2.88. The summed E-state index contributed by atoms with van der Waals surface area (Å²) in [7, 11) is 0. The molecule has 0 saturated carbocycles. The van der Waals surface area contributed by atoms with E-state index < -0.39 is 23.5 Å². The Bertz CT molecular complexity index is 513. The molecule has 5 nitrogen and oxygen atoms in total. The van der Waals surface area contributed by atoms with E-state index in [9.17, 15) is 14.0 Å². The van der Waals surface area contributed by atoms with E-state index in [1.165, 1.54) is 18.2 Å². The van der Waals surface area contributed by atoms with Crippen LogP contribution in [0.1, 0.15) is 0 Å². The van der Waals surface area contributed by atoms with Crippen molar-refractivity contribution in [1.29, 1.82) is 5.26 Å². The Morgan fingerprint density at radius 3 is 2.65 bits per heavy atom. The number of rotatable bonds is 3. The molecule has 0 aliphatic rings. The Labute approximate surface area is 110 Å². The highest BCUT2D eigenvalue weighted by molar-refractivity contribution is 14.1. The molecule has 3 N–H and O–H groups in total. The molecule has 1 aromatic carbocycles. The second-order valence-electron chi connectivity index (χ2n) is 3.08. The minimum absolute atomic E-state index is 0.100. The largest absolute Gasteiger partial charge is 0.368 e. The van der Waals surface area contributed by atoms with Gasteiger partial charge in [0.15, 0.2) is 0 Å². The van der Waals surface area contributed by atoms with E-state index >= 15 is 0 Å². The van der Waals surface area contributed by atoms with Crippen LogP contribution in [0.5, 0.6) is 0 Å². The van der Waals surface area contributed by atoms with Crippen LogP contribution in [0.3, 0.4) is 0 Å². The zero-order valence-electron chi connectivity index (χ0n) is 8.41. The molecule has 1 unspecified atom stereocenters. The van der Waals surface area contributed by atoms with Crippen LogP contribution < -0.4 is 11.1 Å². The van der Waals surface area contributed by atoms with E-state index in [1.807, 2.05) is 22.6 Å². The number of nitrogens with zero attached hydrogens (tertiary/aromatic N) is 1. The molecule has 2 amide bonds. The maximum Gasteiger partial charge on any atom is 0.251 e. The molecule has 0 heterocycles. The van der Waals surface area contributed by atoms with Crippen LogP contribution >= 0.6 is 22.6 Å². The predicted octanol–water partition coefficient (Wildman–Crippen LogP) is 0.994. The Morgan fingerprint density at radius 2 is 2.18 bits per heavy atom. The molecule has 1 atom stereocenters. The minimum Gasteiger partial charge on any atom is -0.368 e. The molecule has 0 fully saturated rings. The zero-order valence-corrected chi connectivity index (χ0v) is 10.6. The van der Waals surface area contributed by atoms with Crippen LogP contribution in [-0.4, -0.2) is 11.8 Å². The maximum absolute atomic E-state index is 13.4. The normalized spacial score (nSPS) is 11.4. The molecule has 88 valence electrons. The van der Waals surface area contributed by atoms with Crippen LogP contribution in [0.4, 0.5) is 10.1 Å². The molecule has 0 bridgehead atoms. The highest BCUT2D eigenvalue weighted by Crippen LogP contribution is 2.17. The van der Waals surface area contributed by atoms with Gasteiger partial charge in [0.2, 0.25) is 11.8 Å². The van der Waals surface area contributed by atoms with Crippen molar-refractivity contribution in [2.24, 2.45) is 11.7 Å². The maximum atomic E-state index is 13.4. The van der Waals surface area contributed by atoms with E-state index in [0.29, 0.717) is 3.57 Å². The molecule has 0 radical (unpaired) electrons. The summed E-state index contributed by atoms with van der Waals surface area (Å²) in [5, 5.41) is 10.7. The zero-order chi connectivity index (χ0) is 13.0. The van der Waals surface area contributed by atoms with Gasteiger partial charge in [-0.15, -0.1) is 0 Å². The van der Waals surface area contributed by atoms with E-state index in [0.717, 1.165) is 0 Å². The molecular formula is C10H7FIN3O2. The topological polar surface area (TPSA) is 96.0 Å². The Hall–Kier alpha value is -1.69. The molecule has 1 rings (SSSR count). The van der Waals surface area contributed by atoms with Crippen molar-refractivity contribution in [3.63, 3.8) is 0 Å². The predicted molar refractivity (Wildman–Crippen MR) is 66.0 cm³/mol. The number of hydrogen-bond donors (Lipinski definition) is 2. The summed E-state index contributed by atoms with van der Waals surface area (Å²) in [5.74, 6) is -4.30. The van der Waals surface area contributed by atoms with Crippen molar-refractivity contribution in [3.8, 4) is 6.07 Å². The number of anilines is 1. The van der Waals surface area contributed by atoms with Crippen molar-refractivity contribution in [3.05, 3.63) is 27.6 Å². The van der Waals surface area contributed by atoms with Crippen LogP contribution in [-0.2, 0) is 9.59 Å². The molecule has 0 saturated heterocycles. The number of hydrogen-bond acceptors (Lipinski definition) is 3. The molecule has 0 aromatic heterocycles. The molecule has 17 heavy (non-hydrogen) atoms. The molecule has 0 aliphatic carbocycles. The van der Waals surface area contributed by atoms with Crippen molar-refractivity contribution in [1.82, 2.24) is 0 Å². The summed E-state index contributed by atoms with van der Waals surface area (Å²) < 4.78 is 14.0. The van der Waals surface area contributed by atoms with Gasteiger partial charge < -0.3 is 11.1 Å². The SMILES string of the molecule is N#CC(C(N)=O)C(=O)Nc1ccc(I)cc1F. The number of amides is 2. The number of nitrogens with two attached hydrogens (primary N) is 1. The monoisotopic (exact) mass is 347 g/mol. The van der Waals surface area contributed by atoms with Gasteiger partial charge in [-0.2, -0.15) is 5.26 Å². The molecule has 0 aliphatic heterocycles. The molecule has 0 spiro atoms. The lowest BCUT2D eigenvalue weighted by Crippen LogP contribution is -2.33. The quantitative estimate of drug-likeness (QED) is 0.631. The van der Waals surface area contributed by atoms with Gasteiger partial charge in [0, 0.05) is 3.57 Å². The number of primary amides is 1. The summed E-state index contributed by atoms with van der Waals surface area (Å²) in [4.78, 5) is 22.2. The molecule has 7 heteroatoms. The van der Waals surface area contributed by atoms with Crippen LogP contribution in [0.15, 0.2) is 18.2 Å².